The Bertz CT molecular complexity index is 1230. The van der Waals surface area contributed by atoms with Crippen LogP contribution in [-0.4, -0.2) is 23.9 Å². The van der Waals surface area contributed by atoms with Crippen molar-refractivity contribution in [2.75, 3.05) is 5.32 Å². The molecule has 0 aliphatic heterocycles. The van der Waals surface area contributed by atoms with Crippen molar-refractivity contribution in [3.05, 3.63) is 51.4 Å². The molecular weight excluding hydrogens is 400 g/mol. The fraction of sp³-hybridized carbons (Fsp3) is 0.278. The maximum Gasteiger partial charge on any atom is 0.262 e. The van der Waals surface area contributed by atoms with Crippen molar-refractivity contribution in [2.45, 2.75) is 37.1 Å². The molecular formula is C18H18N4O4S2. The van der Waals surface area contributed by atoms with Crippen molar-refractivity contribution in [2.24, 2.45) is 5.14 Å². The molecule has 2 heterocycles. The first kappa shape index (κ1) is 18.8. The number of fused-ring (bicyclic) bond motifs is 3. The molecule has 0 radical (unpaired) electrons. The van der Waals surface area contributed by atoms with Crippen molar-refractivity contribution in [3.8, 4) is 0 Å². The largest absolute Gasteiger partial charge is 0.325 e. The maximum absolute atomic E-state index is 12.9. The lowest BCUT2D eigenvalue weighted by atomic mass is 9.97. The minimum atomic E-state index is -3.79. The first-order valence-electron chi connectivity index (χ1n) is 8.75. The Morgan fingerprint density at radius 2 is 1.93 bits per heavy atom. The number of anilines is 1. The van der Waals surface area contributed by atoms with Crippen LogP contribution in [0.4, 0.5) is 5.69 Å². The number of rotatable bonds is 4. The predicted molar refractivity (Wildman–Crippen MR) is 107 cm³/mol. The molecule has 0 saturated carbocycles. The lowest BCUT2D eigenvalue weighted by Crippen LogP contribution is -2.28. The van der Waals surface area contributed by atoms with Gasteiger partial charge in [-0.2, -0.15) is 0 Å². The number of nitrogens with zero attached hydrogens (tertiary/aromatic N) is 2. The fourth-order valence-corrected chi connectivity index (χ4v) is 5.11. The minimum absolute atomic E-state index is 0.0430. The van der Waals surface area contributed by atoms with E-state index in [4.69, 9.17) is 5.14 Å². The molecule has 1 aliphatic rings. The lowest BCUT2D eigenvalue weighted by molar-refractivity contribution is -0.116. The van der Waals surface area contributed by atoms with Crippen LogP contribution in [0.5, 0.6) is 0 Å². The summed E-state index contributed by atoms with van der Waals surface area (Å²) in [6.45, 7) is -0.177. The number of nitrogens with one attached hydrogen (secondary N) is 1. The first-order valence-corrected chi connectivity index (χ1v) is 11.1. The highest BCUT2D eigenvalue weighted by Gasteiger charge is 2.20. The second-order valence-electron chi connectivity index (χ2n) is 6.69. The zero-order chi connectivity index (χ0) is 19.9. The smallest absolute Gasteiger partial charge is 0.262 e. The Hall–Kier alpha value is -2.56. The highest BCUT2D eigenvalue weighted by Crippen LogP contribution is 2.33. The van der Waals surface area contributed by atoms with Crippen LogP contribution in [0.2, 0.25) is 0 Å². The summed E-state index contributed by atoms with van der Waals surface area (Å²) in [4.78, 5) is 31.5. The number of hydrogen-bond donors (Lipinski definition) is 2. The van der Waals surface area contributed by atoms with E-state index in [1.165, 1.54) is 40.0 Å². The van der Waals surface area contributed by atoms with Crippen LogP contribution in [-0.2, 0) is 34.2 Å². The standard InChI is InChI=1S/C18H18N4O4S2/c19-28(25,26)12-7-5-11(6-8-12)21-15(23)9-22-10-20-17-16(18(22)24)13-3-1-2-4-14(13)27-17/h5-8,10H,1-4,9H2,(H,21,23)(H2,19,25,26). The number of aryl methyl sites for hydroxylation is 2. The van der Waals surface area contributed by atoms with Crippen LogP contribution in [0.3, 0.4) is 0 Å². The molecule has 0 fully saturated rings. The van der Waals surface area contributed by atoms with Gasteiger partial charge in [0.2, 0.25) is 15.9 Å². The molecule has 0 spiro atoms. The summed E-state index contributed by atoms with van der Waals surface area (Å²) < 4.78 is 23.9. The van der Waals surface area contributed by atoms with Gasteiger partial charge in [-0.3, -0.25) is 14.2 Å². The second-order valence-corrected chi connectivity index (χ2v) is 9.33. The van der Waals surface area contributed by atoms with E-state index >= 15 is 0 Å². The number of nitrogens with two attached hydrogens (primary N) is 1. The zero-order valence-electron chi connectivity index (χ0n) is 14.8. The van der Waals surface area contributed by atoms with E-state index in [0.717, 1.165) is 36.1 Å². The van der Waals surface area contributed by atoms with E-state index in [1.807, 2.05) is 0 Å². The average molecular weight is 419 g/mol. The fourth-order valence-electron chi connectivity index (χ4n) is 3.38. The third-order valence-electron chi connectivity index (χ3n) is 4.72. The Balaban J connectivity index is 1.55. The molecule has 3 N–H and O–H groups in total. The molecule has 146 valence electrons. The molecule has 0 saturated heterocycles. The number of benzene rings is 1. The molecule has 1 aromatic carbocycles. The summed E-state index contributed by atoms with van der Waals surface area (Å²) in [5, 5.41) is 8.33. The van der Waals surface area contributed by atoms with Crippen molar-refractivity contribution >= 4 is 43.2 Å². The van der Waals surface area contributed by atoms with Crippen LogP contribution in [0.25, 0.3) is 10.2 Å². The average Bonchev–Trinajstić information content (AvgIpc) is 3.03. The number of hydrogen-bond acceptors (Lipinski definition) is 6. The zero-order valence-corrected chi connectivity index (χ0v) is 16.5. The van der Waals surface area contributed by atoms with Gasteiger partial charge in [0.15, 0.2) is 0 Å². The van der Waals surface area contributed by atoms with Gasteiger partial charge in [0.25, 0.3) is 5.56 Å². The molecule has 0 bridgehead atoms. The second kappa shape index (κ2) is 7.12. The normalized spacial score (nSPS) is 14.0. The van der Waals surface area contributed by atoms with E-state index < -0.39 is 15.9 Å². The van der Waals surface area contributed by atoms with Crippen LogP contribution in [0.15, 0.2) is 40.3 Å². The molecule has 8 nitrogen and oxygen atoms in total. The molecule has 10 heteroatoms. The summed E-state index contributed by atoms with van der Waals surface area (Å²) in [5.41, 5.74) is 1.29. The SMILES string of the molecule is NS(=O)(=O)c1ccc(NC(=O)Cn2cnc3sc4c(c3c2=O)CCCC4)cc1. The van der Waals surface area contributed by atoms with Crippen molar-refractivity contribution in [3.63, 3.8) is 0 Å². The number of thiophene rings is 1. The number of carbonyl (C=O) groups excluding carboxylic acids is 1. The number of sulfonamides is 1. The van der Waals surface area contributed by atoms with Gasteiger partial charge < -0.3 is 5.32 Å². The van der Waals surface area contributed by atoms with E-state index in [9.17, 15) is 18.0 Å². The van der Waals surface area contributed by atoms with E-state index in [2.05, 4.69) is 10.3 Å². The van der Waals surface area contributed by atoms with Crippen LogP contribution < -0.4 is 16.0 Å². The maximum atomic E-state index is 12.9. The molecule has 4 rings (SSSR count). The van der Waals surface area contributed by atoms with Gasteiger partial charge in [-0.05, 0) is 55.5 Å². The summed E-state index contributed by atoms with van der Waals surface area (Å²) in [6, 6.07) is 5.50. The summed E-state index contributed by atoms with van der Waals surface area (Å²) in [7, 11) is -3.79. The molecule has 0 atom stereocenters. The third kappa shape index (κ3) is 3.58. The van der Waals surface area contributed by atoms with Crippen LogP contribution in [0.1, 0.15) is 23.3 Å². The molecule has 1 aliphatic carbocycles. The van der Waals surface area contributed by atoms with Gasteiger partial charge in [0.1, 0.15) is 11.4 Å². The third-order valence-corrected chi connectivity index (χ3v) is 6.85. The molecule has 0 unspecified atom stereocenters. The molecule has 1 amide bonds. The quantitative estimate of drug-likeness (QED) is 0.666. The Kier molecular flexibility index (Phi) is 4.77. The minimum Gasteiger partial charge on any atom is -0.325 e. The van der Waals surface area contributed by atoms with Gasteiger partial charge in [-0.15, -0.1) is 11.3 Å². The van der Waals surface area contributed by atoms with E-state index in [0.29, 0.717) is 11.1 Å². The topological polar surface area (TPSA) is 124 Å². The van der Waals surface area contributed by atoms with E-state index in [-0.39, 0.29) is 17.0 Å². The Labute approximate surface area is 165 Å². The summed E-state index contributed by atoms with van der Waals surface area (Å²) in [5.74, 6) is -0.407. The van der Waals surface area contributed by atoms with E-state index in [1.54, 1.807) is 11.3 Å². The predicted octanol–water partition coefficient (Wildman–Crippen LogP) is 1.62. The Morgan fingerprint density at radius 3 is 2.64 bits per heavy atom. The van der Waals surface area contributed by atoms with Gasteiger partial charge in [-0.25, -0.2) is 18.5 Å². The molecule has 3 aromatic rings. The molecule has 2 aromatic heterocycles. The number of primary sulfonamides is 1. The highest BCUT2D eigenvalue weighted by atomic mass is 32.2. The van der Waals surface area contributed by atoms with Crippen LogP contribution >= 0.6 is 11.3 Å². The molecule has 28 heavy (non-hydrogen) atoms. The summed E-state index contributed by atoms with van der Waals surface area (Å²) >= 11 is 1.56. The Morgan fingerprint density at radius 1 is 1.21 bits per heavy atom. The van der Waals surface area contributed by atoms with Crippen LogP contribution in [0, 0.1) is 0 Å². The van der Waals surface area contributed by atoms with Crippen molar-refractivity contribution < 1.29 is 13.2 Å². The number of amides is 1. The monoisotopic (exact) mass is 418 g/mol. The van der Waals surface area contributed by atoms with Gasteiger partial charge in [-0.1, -0.05) is 0 Å². The van der Waals surface area contributed by atoms with Crippen molar-refractivity contribution in [1.82, 2.24) is 9.55 Å². The van der Waals surface area contributed by atoms with Gasteiger partial charge in [0.05, 0.1) is 16.6 Å². The highest BCUT2D eigenvalue weighted by molar-refractivity contribution is 7.89. The van der Waals surface area contributed by atoms with Gasteiger partial charge in [0, 0.05) is 10.6 Å². The number of aromatic nitrogens is 2. The summed E-state index contributed by atoms with van der Waals surface area (Å²) in [6.07, 6.45) is 5.43. The first-order chi connectivity index (χ1) is 13.3. The van der Waals surface area contributed by atoms with Gasteiger partial charge >= 0.3 is 0 Å². The number of carbonyl (C=O) groups is 1. The lowest BCUT2D eigenvalue weighted by Gasteiger charge is -2.10. The van der Waals surface area contributed by atoms with Crippen molar-refractivity contribution in [1.29, 1.82) is 0 Å².